The van der Waals surface area contributed by atoms with Crippen molar-refractivity contribution in [1.29, 1.82) is 0 Å². The first-order valence-electron chi connectivity index (χ1n) is 5.78. The molecule has 0 radical (unpaired) electrons. The summed E-state index contributed by atoms with van der Waals surface area (Å²) in [5.74, 6) is 0.923. The number of aromatic nitrogens is 1. The molecule has 0 spiro atoms. The molecule has 17 heavy (non-hydrogen) atoms. The van der Waals surface area contributed by atoms with Gasteiger partial charge in [-0.2, -0.15) is 0 Å². The van der Waals surface area contributed by atoms with Crippen molar-refractivity contribution >= 4 is 26.8 Å². The van der Waals surface area contributed by atoms with Crippen LogP contribution in [0.15, 0.2) is 16.6 Å². The summed E-state index contributed by atoms with van der Waals surface area (Å²) < 4.78 is 8.95. The van der Waals surface area contributed by atoms with E-state index in [2.05, 4.69) is 44.9 Å². The summed E-state index contributed by atoms with van der Waals surface area (Å²) in [6.07, 6.45) is 0. The van der Waals surface area contributed by atoms with Gasteiger partial charge in [0.1, 0.15) is 5.75 Å². The molecule has 90 valence electrons. The molecular weight excluding hydrogens is 280 g/mol. The van der Waals surface area contributed by atoms with Crippen molar-refractivity contribution in [1.82, 2.24) is 9.88 Å². The van der Waals surface area contributed by atoms with Gasteiger partial charge in [0, 0.05) is 35.2 Å². The van der Waals surface area contributed by atoms with E-state index in [0.717, 1.165) is 25.4 Å². The van der Waals surface area contributed by atoms with Crippen LogP contribution in [0.1, 0.15) is 11.3 Å². The Labute approximate surface area is 109 Å². The minimum atomic E-state index is 0.923. The zero-order valence-corrected chi connectivity index (χ0v) is 11.6. The Morgan fingerprint density at radius 3 is 3.00 bits per heavy atom. The molecule has 1 N–H and O–H groups in total. The van der Waals surface area contributed by atoms with Gasteiger partial charge in [0.15, 0.2) is 0 Å². The summed E-state index contributed by atoms with van der Waals surface area (Å²) in [6.45, 7) is 5.14. The average Bonchev–Trinajstić information content (AvgIpc) is 2.64. The van der Waals surface area contributed by atoms with E-state index in [9.17, 15) is 0 Å². The normalized spacial score (nSPS) is 15.0. The standard InChI is InChI=1S/C13H15BrN2O/c1-8-5-9(17-2)6-10-12(14)11-7-15-3-4-16(11)13(8)10/h5-6,15H,3-4,7H2,1-2H3. The second-order valence-corrected chi connectivity index (χ2v) is 5.22. The largest absolute Gasteiger partial charge is 0.497 e. The Balaban J connectivity index is 2.38. The first-order chi connectivity index (χ1) is 8.22. The van der Waals surface area contributed by atoms with Gasteiger partial charge in [0.2, 0.25) is 0 Å². The van der Waals surface area contributed by atoms with Gasteiger partial charge in [-0.1, -0.05) is 0 Å². The van der Waals surface area contributed by atoms with E-state index in [1.807, 2.05) is 0 Å². The molecule has 1 aliphatic heterocycles. The van der Waals surface area contributed by atoms with Crippen molar-refractivity contribution in [2.75, 3.05) is 13.7 Å². The SMILES string of the molecule is COc1cc(C)c2c(c1)c(Br)c1n2CCNC1. The molecular formula is C13H15BrN2O. The van der Waals surface area contributed by atoms with E-state index in [1.54, 1.807) is 7.11 Å². The van der Waals surface area contributed by atoms with Crippen LogP contribution in [0.4, 0.5) is 0 Å². The number of hydrogen-bond acceptors (Lipinski definition) is 2. The number of rotatable bonds is 1. The number of nitrogens with one attached hydrogen (secondary N) is 1. The van der Waals surface area contributed by atoms with Crippen molar-refractivity contribution in [3.05, 3.63) is 27.9 Å². The number of benzene rings is 1. The van der Waals surface area contributed by atoms with Crippen molar-refractivity contribution < 1.29 is 4.74 Å². The highest BCUT2D eigenvalue weighted by atomic mass is 79.9. The molecule has 1 aliphatic rings. The lowest BCUT2D eigenvalue weighted by Crippen LogP contribution is -2.27. The van der Waals surface area contributed by atoms with Crippen LogP contribution >= 0.6 is 15.9 Å². The van der Waals surface area contributed by atoms with Crippen molar-refractivity contribution in [2.24, 2.45) is 0 Å². The molecule has 2 heterocycles. The van der Waals surface area contributed by atoms with Crippen LogP contribution in [0.3, 0.4) is 0 Å². The zero-order valence-electron chi connectivity index (χ0n) is 10.0. The third kappa shape index (κ3) is 1.58. The van der Waals surface area contributed by atoms with Crippen LogP contribution < -0.4 is 10.1 Å². The molecule has 0 saturated heterocycles. The minimum Gasteiger partial charge on any atom is -0.497 e. The van der Waals surface area contributed by atoms with Gasteiger partial charge in [-0.15, -0.1) is 0 Å². The van der Waals surface area contributed by atoms with Crippen LogP contribution in [0, 0.1) is 6.92 Å². The molecule has 3 rings (SSSR count). The summed E-state index contributed by atoms with van der Waals surface area (Å²) in [4.78, 5) is 0. The Bertz CT molecular complexity index is 589. The fraction of sp³-hybridized carbons (Fsp3) is 0.385. The molecule has 4 heteroatoms. The number of fused-ring (bicyclic) bond motifs is 3. The lowest BCUT2D eigenvalue weighted by Gasteiger charge is -2.18. The molecule has 0 atom stereocenters. The third-order valence-electron chi connectivity index (χ3n) is 3.40. The van der Waals surface area contributed by atoms with Gasteiger partial charge >= 0.3 is 0 Å². The average molecular weight is 295 g/mol. The fourth-order valence-electron chi connectivity index (χ4n) is 2.62. The summed E-state index contributed by atoms with van der Waals surface area (Å²) >= 11 is 3.72. The number of aryl methyl sites for hydroxylation is 1. The van der Waals surface area contributed by atoms with Crippen LogP contribution in [0.25, 0.3) is 10.9 Å². The lowest BCUT2D eigenvalue weighted by atomic mass is 10.1. The number of nitrogens with zero attached hydrogens (tertiary/aromatic N) is 1. The van der Waals surface area contributed by atoms with Crippen molar-refractivity contribution in [3.8, 4) is 5.75 Å². The smallest absolute Gasteiger partial charge is 0.119 e. The second kappa shape index (κ2) is 4.03. The highest BCUT2D eigenvalue weighted by molar-refractivity contribution is 9.10. The molecule has 1 aromatic carbocycles. The second-order valence-electron chi connectivity index (χ2n) is 4.43. The van der Waals surface area contributed by atoms with E-state index >= 15 is 0 Å². The molecule has 0 unspecified atom stereocenters. The predicted octanol–water partition coefficient (Wildman–Crippen LogP) is 2.82. The molecule has 0 saturated carbocycles. The monoisotopic (exact) mass is 294 g/mol. The Morgan fingerprint density at radius 1 is 1.41 bits per heavy atom. The quantitative estimate of drug-likeness (QED) is 0.875. The molecule has 0 amide bonds. The number of hydrogen-bond donors (Lipinski definition) is 1. The van der Waals surface area contributed by atoms with Crippen LogP contribution in [-0.4, -0.2) is 18.2 Å². The minimum absolute atomic E-state index is 0.923. The van der Waals surface area contributed by atoms with Gasteiger partial charge in [0.05, 0.1) is 12.6 Å². The molecule has 1 aromatic heterocycles. The fourth-order valence-corrected chi connectivity index (χ4v) is 3.27. The zero-order chi connectivity index (χ0) is 12.0. The van der Waals surface area contributed by atoms with Crippen LogP contribution in [-0.2, 0) is 13.1 Å². The number of halogens is 1. The highest BCUT2D eigenvalue weighted by Crippen LogP contribution is 2.36. The van der Waals surface area contributed by atoms with Crippen LogP contribution in [0.5, 0.6) is 5.75 Å². The summed E-state index contributed by atoms with van der Waals surface area (Å²) in [7, 11) is 1.71. The van der Waals surface area contributed by atoms with Crippen LogP contribution in [0.2, 0.25) is 0 Å². The number of methoxy groups -OCH3 is 1. The summed E-state index contributed by atoms with van der Waals surface area (Å²) in [6, 6.07) is 4.21. The lowest BCUT2D eigenvalue weighted by molar-refractivity contribution is 0.415. The third-order valence-corrected chi connectivity index (χ3v) is 4.28. The van der Waals surface area contributed by atoms with E-state index in [4.69, 9.17) is 4.74 Å². The molecule has 3 nitrogen and oxygen atoms in total. The molecule has 2 aromatic rings. The highest BCUT2D eigenvalue weighted by Gasteiger charge is 2.19. The molecule has 0 fully saturated rings. The first-order valence-corrected chi connectivity index (χ1v) is 6.57. The topological polar surface area (TPSA) is 26.2 Å². The maximum atomic E-state index is 5.34. The molecule has 0 bridgehead atoms. The maximum absolute atomic E-state index is 5.34. The van der Waals surface area contributed by atoms with E-state index in [-0.39, 0.29) is 0 Å². The van der Waals surface area contributed by atoms with Crippen molar-refractivity contribution in [2.45, 2.75) is 20.0 Å². The van der Waals surface area contributed by atoms with Gasteiger partial charge in [-0.3, -0.25) is 0 Å². The van der Waals surface area contributed by atoms with E-state index in [0.29, 0.717) is 0 Å². The maximum Gasteiger partial charge on any atom is 0.119 e. The van der Waals surface area contributed by atoms with Gasteiger partial charge in [-0.05, 0) is 40.5 Å². The number of ether oxygens (including phenoxy) is 1. The first kappa shape index (κ1) is 11.1. The van der Waals surface area contributed by atoms with E-state index in [1.165, 1.54) is 26.6 Å². The molecule has 0 aliphatic carbocycles. The van der Waals surface area contributed by atoms with E-state index < -0.39 is 0 Å². The van der Waals surface area contributed by atoms with Gasteiger partial charge in [0.25, 0.3) is 0 Å². The predicted molar refractivity (Wildman–Crippen MR) is 72.6 cm³/mol. The van der Waals surface area contributed by atoms with Gasteiger partial charge in [-0.25, -0.2) is 0 Å². The Kier molecular flexibility index (Phi) is 2.64. The van der Waals surface area contributed by atoms with Gasteiger partial charge < -0.3 is 14.6 Å². The summed E-state index contributed by atoms with van der Waals surface area (Å²) in [5.41, 5.74) is 3.94. The van der Waals surface area contributed by atoms with Crippen molar-refractivity contribution in [3.63, 3.8) is 0 Å². The Morgan fingerprint density at radius 2 is 2.24 bits per heavy atom. The summed E-state index contributed by atoms with van der Waals surface area (Å²) in [5, 5.41) is 4.66. The Hall–Kier alpha value is -1.00.